The van der Waals surface area contributed by atoms with E-state index in [0.717, 1.165) is 22.3 Å². The van der Waals surface area contributed by atoms with Gasteiger partial charge in [0.2, 0.25) is 41.4 Å². The zero-order valence-electron chi connectivity index (χ0n) is 47.4. The molecule has 18 nitrogen and oxygen atoms in total. The van der Waals surface area contributed by atoms with Gasteiger partial charge in [0, 0.05) is 26.6 Å². The molecule has 0 aliphatic rings. The molecule has 0 bridgehead atoms. The summed E-state index contributed by atoms with van der Waals surface area (Å²) in [6.07, 6.45) is 3.22. The molecular formula is C61H86N10O8. The molecule has 0 radical (unpaired) electrons. The number of carbonyl (C=O) groups is 8. The lowest BCUT2D eigenvalue weighted by molar-refractivity contribution is -0.150. The van der Waals surface area contributed by atoms with Crippen LogP contribution in [0.4, 0.5) is 0 Å². The molecule has 7 amide bonds. The maximum Gasteiger partial charge on any atom is 0.243 e. The van der Waals surface area contributed by atoms with Gasteiger partial charge in [-0.05, 0) is 115 Å². The van der Waals surface area contributed by atoms with Crippen molar-refractivity contribution in [2.24, 2.45) is 17.2 Å². The van der Waals surface area contributed by atoms with Gasteiger partial charge in [-0.15, -0.1) is 0 Å². The average Bonchev–Trinajstić information content (AvgIpc) is 3.46. The van der Waals surface area contributed by atoms with Crippen LogP contribution in [0.2, 0.25) is 0 Å². The number of nitrogens with two attached hydrogens (primary N) is 3. The molecule has 0 aliphatic heterocycles. The molecule has 6 N–H and O–H groups in total. The van der Waals surface area contributed by atoms with Crippen molar-refractivity contribution in [3.05, 3.63) is 144 Å². The third-order valence-corrected chi connectivity index (χ3v) is 14.4. The number of Topliss-reactive ketones (excluding diaryl/α,β-unsaturated/α-hetero) is 1. The monoisotopic (exact) mass is 1090 g/mol. The quantitative estimate of drug-likeness (QED) is 0.0483. The Morgan fingerprint density at radius 1 is 0.329 bits per heavy atom. The fraction of sp³-hybridized carbons (Fsp3) is 0.475. The van der Waals surface area contributed by atoms with Crippen LogP contribution in [0, 0.1) is 0 Å². The highest BCUT2D eigenvalue weighted by Gasteiger charge is 2.35. The van der Waals surface area contributed by atoms with E-state index >= 15 is 14.4 Å². The van der Waals surface area contributed by atoms with Crippen molar-refractivity contribution in [3.63, 3.8) is 0 Å². The topological polar surface area (TPSA) is 237 Å². The number of carbonyl (C=O) groups excluding carboxylic acids is 8. The first kappa shape index (κ1) is 64.2. The summed E-state index contributed by atoms with van der Waals surface area (Å²) in [5, 5.41) is 0. The molecule has 428 valence electrons. The van der Waals surface area contributed by atoms with E-state index in [-0.39, 0.29) is 51.0 Å². The van der Waals surface area contributed by atoms with Crippen LogP contribution < -0.4 is 17.2 Å². The van der Waals surface area contributed by atoms with Crippen molar-refractivity contribution in [2.45, 2.75) is 104 Å². The fourth-order valence-electron chi connectivity index (χ4n) is 9.46. The van der Waals surface area contributed by atoms with E-state index in [2.05, 4.69) is 0 Å². The van der Waals surface area contributed by atoms with Gasteiger partial charge in [0.05, 0.1) is 43.8 Å². The summed E-state index contributed by atoms with van der Waals surface area (Å²) in [7, 11) is 0. The summed E-state index contributed by atoms with van der Waals surface area (Å²) < 4.78 is 0. The van der Waals surface area contributed by atoms with Gasteiger partial charge in [0.1, 0.15) is 32.0 Å². The summed E-state index contributed by atoms with van der Waals surface area (Å²) >= 11 is 0. The van der Waals surface area contributed by atoms with Gasteiger partial charge in [0.15, 0.2) is 0 Å². The summed E-state index contributed by atoms with van der Waals surface area (Å²) in [5.41, 5.74) is 20.6. The number of hydrogen-bond acceptors (Lipinski definition) is 11. The minimum atomic E-state index is -0.692. The van der Waals surface area contributed by atoms with Crippen LogP contribution >= 0.6 is 0 Å². The minimum absolute atomic E-state index is 0.0943. The van der Waals surface area contributed by atoms with E-state index in [1.165, 1.54) is 48.1 Å². The molecule has 0 unspecified atom stereocenters. The van der Waals surface area contributed by atoms with Crippen molar-refractivity contribution >= 4 is 47.1 Å². The Balaban J connectivity index is 1.72. The Morgan fingerprint density at radius 2 is 0.570 bits per heavy atom. The van der Waals surface area contributed by atoms with E-state index in [4.69, 9.17) is 17.2 Å². The van der Waals surface area contributed by atoms with Crippen LogP contribution in [0.1, 0.15) is 126 Å². The van der Waals surface area contributed by atoms with E-state index in [1.54, 1.807) is 20.8 Å². The number of rotatable bonds is 34. The third kappa shape index (κ3) is 20.5. The van der Waals surface area contributed by atoms with Crippen LogP contribution in [0.3, 0.4) is 0 Å². The van der Waals surface area contributed by atoms with Gasteiger partial charge in [-0.25, -0.2) is 0 Å². The number of amides is 7. The first-order valence-corrected chi connectivity index (χ1v) is 27.7. The second-order valence-corrected chi connectivity index (χ2v) is 20.2. The van der Waals surface area contributed by atoms with Crippen molar-refractivity contribution in [1.29, 1.82) is 0 Å². The van der Waals surface area contributed by atoms with E-state index < -0.39 is 85.8 Å². The van der Waals surface area contributed by atoms with Gasteiger partial charge in [-0.3, -0.25) is 38.4 Å². The highest BCUT2D eigenvalue weighted by atomic mass is 16.2. The van der Waals surface area contributed by atoms with Crippen LogP contribution in [0.15, 0.2) is 121 Å². The molecule has 4 aromatic rings. The van der Waals surface area contributed by atoms with Gasteiger partial charge in [0.25, 0.3) is 0 Å². The summed E-state index contributed by atoms with van der Waals surface area (Å²) in [5.74, 6) is -3.59. The van der Waals surface area contributed by atoms with Crippen molar-refractivity contribution in [2.75, 3.05) is 85.1 Å². The molecule has 0 fully saturated rings. The zero-order valence-corrected chi connectivity index (χ0v) is 47.4. The number of ketones is 1. The molecule has 0 saturated heterocycles. The molecule has 4 atom stereocenters. The first-order valence-electron chi connectivity index (χ1n) is 27.7. The maximum absolute atomic E-state index is 15.1. The lowest BCUT2D eigenvalue weighted by Gasteiger charge is -2.37. The van der Waals surface area contributed by atoms with Gasteiger partial charge in [-0.1, -0.05) is 121 Å². The summed E-state index contributed by atoms with van der Waals surface area (Å²) in [6, 6.07) is 34.5. The second-order valence-electron chi connectivity index (χ2n) is 20.2. The predicted molar refractivity (Wildman–Crippen MR) is 307 cm³/mol. The number of hydrogen-bond donors (Lipinski definition) is 3. The predicted octanol–water partition coefficient (Wildman–Crippen LogP) is 5.66. The van der Waals surface area contributed by atoms with E-state index in [9.17, 15) is 24.0 Å². The SMILES string of the molecule is CC(=O)CN(CCCCN)C(=O)CN(C(=O)CN(C(=O)CN(CCCCN)C(=O)CN(C(=O)CN(CCCCN)C(=O)CN(C(C)=O)[C@@H](C)c1ccccc1)[C@@H](C)c1ccccc1)[C@@H](C)c1ccccc1)[C@@H](C)c1ccccc1. The molecule has 0 heterocycles. The van der Waals surface area contributed by atoms with E-state index in [0.29, 0.717) is 58.2 Å². The molecular weight excluding hydrogens is 1000 g/mol. The fourth-order valence-corrected chi connectivity index (χ4v) is 9.46. The molecule has 18 heteroatoms. The molecule has 0 spiro atoms. The number of nitrogens with zero attached hydrogens (tertiary/aromatic N) is 7. The third-order valence-electron chi connectivity index (χ3n) is 14.4. The minimum Gasteiger partial charge on any atom is -0.334 e. The van der Waals surface area contributed by atoms with Crippen molar-refractivity contribution in [3.8, 4) is 0 Å². The Labute approximate surface area is 468 Å². The van der Waals surface area contributed by atoms with Crippen LogP contribution in [0.25, 0.3) is 0 Å². The summed E-state index contributed by atoms with van der Waals surface area (Å²) in [6.45, 7) is 9.05. The molecule has 0 saturated carbocycles. The highest BCUT2D eigenvalue weighted by Crippen LogP contribution is 2.26. The lowest BCUT2D eigenvalue weighted by Crippen LogP contribution is -2.53. The molecule has 0 aliphatic carbocycles. The second kappa shape index (κ2) is 33.9. The molecule has 4 aromatic carbocycles. The highest BCUT2D eigenvalue weighted by molar-refractivity contribution is 5.93. The number of benzene rings is 4. The molecule has 4 rings (SSSR count). The standard InChI is InChI=1S/C61H86N10O8/c1-46(72)39-65(36-22-19-33-62)57(75)43-70(49(4)54-29-15-9-16-30-54)61(79)45-71(50(5)55-31-17-10-18-32-55)60(78)41-67(38-24-21-35-64)58(76)44-69(48(3)53-27-13-8-14-28-53)59(77)40-66(37-23-20-34-63)56(74)42-68(51(6)73)47(2)52-25-11-7-12-26-52/h7-18,25-32,47-50H,19-24,33-45,62-64H2,1-6H3/t47-,48-,49-,50-/m0/s1. The zero-order chi connectivity index (χ0) is 57.9. The van der Waals surface area contributed by atoms with Crippen molar-refractivity contribution in [1.82, 2.24) is 34.3 Å². The van der Waals surface area contributed by atoms with Crippen LogP contribution in [0.5, 0.6) is 0 Å². The van der Waals surface area contributed by atoms with Gasteiger partial charge < -0.3 is 51.5 Å². The molecule has 79 heavy (non-hydrogen) atoms. The van der Waals surface area contributed by atoms with Gasteiger partial charge >= 0.3 is 0 Å². The lowest BCUT2D eigenvalue weighted by atomic mass is 10.1. The number of unbranched alkanes of at least 4 members (excludes halogenated alkanes) is 3. The Hall–Kier alpha value is -7.28. The Bertz CT molecular complexity index is 2540. The summed E-state index contributed by atoms with van der Waals surface area (Å²) in [4.78, 5) is 124. The van der Waals surface area contributed by atoms with Gasteiger partial charge in [-0.2, -0.15) is 0 Å². The van der Waals surface area contributed by atoms with Crippen molar-refractivity contribution < 1.29 is 38.4 Å². The van der Waals surface area contributed by atoms with Crippen LogP contribution in [-0.4, -0.2) is 167 Å². The molecule has 0 aromatic heterocycles. The largest absolute Gasteiger partial charge is 0.334 e. The first-order chi connectivity index (χ1) is 37.9. The Kier molecular flexibility index (Phi) is 27.6. The average molecular weight is 1090 g/mol. The Morgan fingerprint density at radius 3 is 0.835 bits per heavy atom. The van der Waals surface area contributed by atoms with Crippen LogP contribution in [-0.2, 0) is 38.4 Å². The maximum atomic E-state index is 15.1. The normalized spacial score (nSPS) is 12.5. The van der Waals surface area contributed by atoms with E-state index in [1.807, 2.05) is 128 Å². The smallest absolute Gasteiger partial charge is 0.243 e.